The van der Waals surface area contributed by atoms with Crippen LogP contribution >= 0.6 is 11.3 Å². The van der Waals surface area contributed by atoms with Gasteiger partial charge in [-0.2, -0.15) is 11.3 Å². The molecule has 0 aliphatic carbocycles. The Kier molecular flexibility index (Phi) is 5.21. The third kappa shape index (κ3) is 3.84. The Balaban J connectivity index is 2.20. The van der Waals surface area contributed by atoms with Crippen LogP contribution in [-0.2, 0) is 13.0 Å². The summed E-state index contributed by atoms with van der Waals surface area (Å²) in [6, 6.07) is 9.10. The van der Waals surface area contributed by atoms with E-state index in [4.69, 9.17) is 5.73 Å². The minimum Gasteiger partial charge on any atom is -0.370 e. The number of thiophene rings is 1. The fourth-order valence-corrected chi connectivity index (χ4v) is 3.08. The molecule has 0 saturated carbocycles. The molecule has 2 nitrogen and oxygen atoms in total. The third-order valence-corrected chi connectivity index (χ3v) is 4.38. The van der Waals surface area contributed by atoms with Crippen molar-refractivity contribution in [3.63, 3.8) is 0 Å². The molecule has 0 aliphatic heterocycles. The number of nitrogens with zero attached hydrogens (tertiary/aromatic N) is 1. The minimum absolute atomic E-state index is 0.241. The summed E-state index contributed by atoms with van der Waals surface area (Å²) in [6.45, 7) is 5.24. The lowest BCUT2D eigenvalue weighted by Gasteiger charge is -2.24. The van der Waals surface area contributed by atoms with Crippen molar-refractivity contribution in [2.45, 2.75) is 39.3 Å². The molecule has 0 saturated heterocycles. The van der Waals surface area contributed by atoms with Gasteiger partial charge in [0.05, 0.1) is 0 Å². The Hall–Kier alpha value is -1.32. The van der Waals surface area contributed by atoms with Crippen LogP contribution in [0, 0.1) is 6.92 Å². The van der Waals surface area contributed by atoms with E-state index in [9.17, 15) is 0 Å². The zero-order valence-corrected chi connectivity index (χ0v) is 13.4. The molecule has 1 aromatic carbocycles. The highest BCUT2D eigenvalue weighted by Crippen LogP contribution is 2.24. The molecule has 0 radical (unpaired) electrons. The van der Waals surface area contributed by atoms with Crippen molar-refractivity contribution in [3.05, 3.63) is 51.7 Å². The van der Waals surface area contributed by atoms with Crippen molar-refractivity contribution >= 4 is 17.0 Å². The van der Waals surface area contributed by atoms with Crippen molar-refractivity contribution in [2.75, 3.05) is 11.9 Å². The smallest absolute Gasteiger partial charge is 0.0434 e. The van der Waals surface area contributed by atoms with Crippen LogP contribution in [0.25, 0.3) is 0 Å². The summed E-state index contributed by atoms with van der Waals surface area (Å²) in [5, 5.41) is 4.34. The molecule has 0 spiro atoms. The molecule has 0 fully saturated rings. The van der Waals surface area contributed by atoms with Gasteiger partial charge in [-0.25, -0.2) is 0 Å². The lowest BCUT2D eigenvalue weighted by Crippen LogP contribution is -2.24. The minimum atomic E-state index is 0.241. The maximum Gasteiger partial charge on any atom is 0.0434 e. The molecular formula is C17H24N2S. The monoisotopic (exact) mass is 288 g/mol. The van der Waals surface area contributed by atoms with E-state index in [1.807, 2.05) is 0 Å². The molecule has 1 heterocycles. The Labute approximate surface area is 126 Å². The Morgan fingerprint density at radius 1 is 1.30 bits per heavy atom. The SMILES string of the molecule is CCC(N)Cc1cc(C)ccc1N(C)Cc1ccsc1. The molecule has 0 aliphatic rings. The van der Waals surface area contributed by atoms with E-state index in [1.54, 1.807) is 11.3 Å². The third-order valence-electron chi connectivity index (χ3n) is 3.65. The van der Waals surface area contributed by atoms with E-state index in [0.717, 1.165) is 19.4 Å². The first-order valence-electron chi connectivity index (χ1n) is 7.17. The number of hydrogen-bond donors (Lipinski definition) is 1. The summed E-state index contributed by atoms with van der Waals surface area (Å²) in [4.78, 5) is 2.32. The summed E-state index contributed by atoms with van der Waals surface area (Å²) in [7, 11) is 2.16. The molecular weight excluding hydrogens is 264 g/mol. The maximum atomic E-state index is 6.14. The molecule has 1 unspecified atom stereocenters. The largest absolute Gasteiger partial charge is 0.370 e. The number of hydrogen-bond acceptors (Lipinski definition) is 3. The van der Waals surface area contributed by atoms with Crippen molar-refractivity contribution in [2.24, 2.45) is 5.73 Å². The average Bonchev–Trinajstić information content (AvgIpc) is 2.91. The first-order chi connectivity index (χ1) is 9.60. The summed E-state index contributed by atoms with van der Waals surface area (Å²) in [6.07, 6.45) is 1.96. The molecule has 3 heteroatoms. The van der Waals surface area contributed by atoms with Crippen molar-refractivity contribution in [3.8, 4) is 0 Å². The highest BCUT2D eigenvalue weighted by molar-refractivity contribution is 7.07. The number of aryl methyl sites for hydroxylation is 1. The van der Waals surface area contributed by atoms with Gasteiger partial charge in [-0.15, -0.1) is 0 Å². The Bertz CT molecular complexity index is 534. The van der Waals surface area contributed by atoms with E-state index in [-0.39, 0.29) is 6.04 Å². The standard InChI is InChI=1S/C17H24N2S/c1-4-16(18)10-15-9-13(2)5-6-17(15)19(3)11-14-7-8-20-12-14/h5-9,12,16H,4,10-11,18H2,1-3H3. The second-order valence-corrected chi connectivity index (χ2v) is 6.27. The van der Waals surface area contributed by atoms with Crippen LogP contribution in [0.1, 0.15) is 30.0 Å². The topological polar surface area (TPSA) is 29.3 Å². The quantitative estimate of drug-likeness (QED) is 0.871. The predicted molar refractivity (Wildman–Crippen MR) is 89.6 cm³/mol. The van der Waals surface area contributed by atoms with Crippen molar-refractivity contribution < 1.29 is 0 Å². The molecule has 2 aromatic rings. The highest BCUT2D eigenvalue weighted by Gasteiger charge is 2.11. The predicted octanol–water partition coefficient (Wildman–Crippen LogP) is 3.97. The first kappa shape index (κ1) is 15.1. The zero-order valence-electron chi connectivity index (χ0n) is 12.6. The molecule has 0 bridgehead atoms. The van der Waals surface area contributed by atoms with E-state index in [1.165, 1.54) is 22.4 Å². The Morgan fingerprint density at radius 3 is 2.75 bits per heavy atom. The first-order valence-corrected chi connectivity index (χ1v) is 8.11. The van der Waals surface area contributed by atoms with Gasteiger partial charge in [0.2, 0.25) is 0 Å². The molecule has 0 amide bonds. The van der Waals surface area contributed by atoms with Gasteiger partial charge >= 0.3 is 0 Å². The molecule has 1 aromatic heterocycles. The maximum absolute atomic E-state index is 6.14. The molecule has 2 rings (SSSR count). The molecule has 2 N–H and O–H groups in total. The van der Waals surface area contributed by atoms with Crippen LogP contribution < -0.4 is 10.6 Å². The summed E-state index contributed by atoms with van der Waals surface area (Å²) >= 11 is 1.75. The molecule has 108 valence electrons. The van der Waals surface area contributed by atoms with Crippen LogP contribution in [-0.4, -0.2) is 13.1 Å². The Morgan fingerprint density at radius 2 is 2.10 bits per heavy atom. The second-order valence-electron chi connectivity index (χ2n) is 5.49. The van der Waals surface area contributed by atoms with Crippen LogP contribution in [0.15, 0.2) is 35.0 Å². The zero-order chi connectivity index (χ0) is 14.5. The second kappa shape index (κ2) is 6.91. The number of anilines is 1. The van der Waals surface area contributed by atoms with E-state index < -0.39 is 0 Å². The summed E-state index contributed by atoms with van der Waals surface area (Å²) in [5.41, 5.74) is 11.5. The number of nitrogens with two attached hydrogens (primary N) is 1. The van der Waals surface area contributed by atoms with Crippen LogP contribution in [0.5, 0.6) is 0 Å². The van der Waals surface area contributed by atoms with Crippen molar-refractivity contribution in [1.82, 2.24) is 0 Å². The van der Waals surface area contributed by atoms with E-state index in [0.29, 0.717) is 0 Å². The van der Waals surface area contributed by atoms with Gasteiger partial charge in [0.1, 0.15) is 0 Å². The molecule has 1 atom stereocenters. The normalized spacial score (nSPS) is 12.4. The van der Waals surface area contributed by atoms with Gasteiger partial charge in [-0.1, -0.05) is 24.6 Å². The number of benzene rings is 1. The highest BCUT2D eigenvalue weighted by atomic mass is 32.1. The lowest BCUT2D eigenvalue weighted by molar-refractivity contribution is 0.645. The van der Waals surface area contributed by atoms with Crippen LogP contribution in [0.3, 0.4) is 0 Å². The van der Waals surface area contributed by atoms with Gasteiger partial charge in [0, 0.05) is 25.3 Å². The number of rotatable bonds is 6. The van der Waals surface area contributed by atoms with Gasteiger partial charge in [0.15, 0.2) is 0 Å². The van der Waals surface area contributed by atoms with Gasteiger partial charge in [-0.3, -0.25) is 0 Å². The lowest BCUT2D eigenvalue weighted by atomic mass is 10.00. The van der Waals surface area contributed by atoms with Crippen molar-refractivity contribution in [1.29, 1.82) is 0 Å². The van der Waals surface area contributed by atoms with Crippen LogP contribution in [0.4, 0.5) is 5.69 Å². The summed E-state index contributed by atoms with van der Waals surface area (Å²) in [5.74, 6) is 0. The van der Waals surface area contributed by atoms with Gasteiger partial charge < -0.3 is 10.6 Å². The fraction of sp³-hybridized carbons (Fsp3) is 0.412. The van der Waals surface area contributed by atoms with Gasteiger partial charge in [-0.05, 0) is 53.8 Å². The molecule has 20 heavy (non-hydrogen) atoms. The van der Waals surface area contributed by atoms with Gasteiger partial charge in [0.25, 0.3) is 0 Å². The van der Waals surface area contributed by atoms with Crippen LogP contribution in [0.2, 0.25) is 0 Å². The van der Waals surface area contributed by atoms with E-state index >= 15 is 0 Å². The van der Waals surface area contributed by atoms with E-state index in [2.05, 4.69) is 60.8 Å². The average molecular weight is 288 g/mol. The summed E-state index contributed by atoms with van der Waals surface area (Å²) < 4.78 is 0. The fourth-order valence-electron chi connectivity index (χ4n) is 2.42.